The van der Waals surface area contributed by atoms with Gasteiger partial charge in [-0.25, -0.2) is 4.79 Å². The first kappa shape index (κ1) is 17.3. The number of hydrogen-bond acceptors (Lipinski definition) is 5. The topological polar surface area (TPSA) is 85.2 Å². The van der Waals surface area contributed by atoms with E-state index in [1.807, 2.05) is 0 Å². The van der Waals surface area contributed by atoms with E-state index in [9.17, 15) is 9.90 Å². The number of hydrogen-bond donors (Lipinski definition) is 2. The molecule has 0 aliphatic carbocycles. The molecule has 1 aromatic rings. The molecular formula is C15H22O6. The van der Waals surface area contributed by atoms with Crippen molar-refractivity contribution in [2.75, 3.05) is 26.9 Å². The molecule has 6 nitrogen and oxygen atoms in total. The predicted molar refractivity (Wildman–Crippen MR) is 77.2 cm³/mol. The Morgan fingerprint density at radius 2 is 2.10 bits per heavy atom. The largest absolute Gasteiger partial charge is 0.497 e. The van der Waals surface area contributed by atoms with Crippen molar-refractivity contribution in [1.29, 1.82) is 0 Å². The van der Waals surface area contributed by atoms with Crippen LogP contribution in [-0.2, 0) is 4.74 Å². The third kappa shape index (κ3) is 6.01. The first-order valence-corrected chi connectivity index (χ1v) is 6.88. The maximum atomic E-state index is 11.2. The minimum Gasteiger partial charge on any atom is -0.497 e. The second kappa shape index (κ2) is 9.20. The molecule has 0 radical (unpaired) electrons. The number of rotatable bonds is 10. The van der Waals surface area contributed by atoms with E-state index in [2.05, 4.69) is 6.92 Å². The zero-order valence-electron chi connectivity index (χ0n) is 12.4. The molecule has 21 heavy (non-hydrogen) atoms. The van der Waals surface area contributed by atoms with Crippen LogP contribution in [0.5, 0.6) is 11.5 Å². The Bertz CT molecular complexity index is 446. The average Bonchev–Trinajstić information content (AvgIpc) is 2.49. The molecule has 0 heterocycles. The van der Waals surface area contributed by atoms with Crippen LogP contribution in [0.3, 0.4) is 0 Å². The molecule has 0 aromatic heterocycles. The van der Waals surface area contributed by atoms with E-state index in [1.165, 1.54) is 19.2 Å². The number of aliphatic hydroxyl groups excluding tert-OH is 1. The van der Waals surface area contributed by atoms with Crippen LogP contribution in [0.25, 0.3) is 0 Å². The normalized spacial score (nSPS) is 12.0. The van der Waals surface area contributed by atoms with Gasteiger partial charge in [-0.3, -0.25) is 0 Å². The summed E-state index contributed by atoms with van der Waals surface area (Å²) in [5.41, 5.74) is -0.00606. The molecule has 6 heteroatoms. The third-order valence-corrected chi connectivity index (χ3v) is 2.80. The lowest BCUT2D eigenvalue weighted by Gasteiger charge is -2.14. The molecule has 0 aliphatic heterocycles. The summed E-state index contributed by atoms with van der Waals surface area (Å²) in [7, 11) is 1.46. The number of unbranched alkanes of at least 4 members (excludes halogenated alkanes) is 1. The van der Waals surface area contributed by atoms with Gasteiger partial charge in [0.25, 0.3) is 0 Å². The predicted octanol–water partition coefficient (Wildman–Crippen LogP) is 1.95. The standard InChI is InChI=1S/C15H22O6/c1-3-4-7-20-9-11(16)10-21-14-6-5-12(19-2)8-13(14)15(17)18/h5-6,8,11,16H,3-4,7,9-10H2,1-2H3,(H,17,18). The van der Waals surface area contributed by atoms with Gasteiger partial charge in [0.05, 0.1) is 13.7 Å². The van der Waals surface area contributed by atoms with Crippen LogP contribution < -0.4 is 9.47 Å². The third-order valence-electron chi connectivity index (χ3n) is 2.80. The summed E-state index contributed by atoms with van der Waals surface area (Å²) in [4.78, 5) is 11.2. The van der Waals surface area contributed by atoms with Crippen LogP contribution >= 0.6 is 0 Å². The van der Waals surface area contributed by atoms with Gasteiger partial charge in [-0.05, 0) is 24.6 Å². The molecular weight excluding hydrogens is 276 g/mol. The van der Waals surface area contributed by atoms with Gasteiger partial charge < -0.3 is 24.4 Å². The zero-order chi connectivity index (χ0) is 15.7. The zero-order valence-corrected chi connectivity index (χ0v) is 12.4. The quantitative estimate of drug-likeness (QED) is 0.642. The fraction of sp³-hybridized carbons (Fsp3) is 0.533. The summed E-state index contributed by atoms with van der Waals surface area (Å²) in [5.74, 6) is -0.489. The molecule has 1 aromatic carbocycles. The van der Waals surface area contributed by atoms with Gasteiger partial charge >= 0.3 is 5.97 Å². The number of ether oxygens (including phenoxy) is 3. The van der Waals surface area contributed by atoms with Crippen molar-refractivity contribution in [2.24, 2.45) is 0 Å². The lowest BCUT2D eigenvalue weighted by Crippen LogP contribution is -2.24. The van der Waals surface area contributed by atoms with E-state index in [-0.39, 0.29) is 24.5 Å². The summed E-state index contributed by atoms with van der Waals surface area (Å²) in [6, 6.07) is 4.49. The molecule has 1 atom stereocenters. The first-order valence-electron chi connectivity index (χ1n) is 6.88. The fourth-order valence-electron chi connectivity index (χ4n) is 1.63. The van der Waals surface area contributed by atoms with Crippen LogP contribution in [0, 0.1) is 0 Å². The minimum atomic E-state index is -1.11. The smallest absolute Gasteiger partial charge is 0.339 e. The van der Waals surface area contributed by atoms with Crippen molar-refractivity contribution in [3.05, 3.63) is 23.8 Å². The molecule has 0 saturated heterocycles. The van der Waals surface area contributed by atoms with Crippen LogP contribution in [0.15, 0.2) is 18.2 Å². The van der Waals surface area contributed by atoms with Crippen LogP contribution in [0.2, 0.25) is 0 Å². The summed E-state index contributed by atoms with van der Waals surface area (Å²) in [6.45, 7) is 2.79. The van der Waals surface area contributed by atoms with Gasteiger partial charge in [-0.15, -0.1) is 0 Å². The van der Waals surface area contributed by atoms with Gasteiger partial charge in [0.1, 0.15) is 29.8 Å². The number of aliphatic hydroxyl groups is 1. The van der Waals surface area contributed by atoms with E-state index < -0.39 is 12.1 Å². The molecule has 1 unspecified atom stereocenters. The molecule has 2 N–H and O–H groups in total. The van der Waals surface area contributed by atoms with Crippen molar-refractivity contribution >= 4 is 5.97 Å². The first-order chi connectivity index (χ1) is 10.1. The number of methoxy groups -OCH3 is 1. The molecule has 1 rings (SSSR count). The number of aromatic carboxylic acids is 1. The van der Waals surface area contributed by atoms with Gasteiger partial charge in [0, 0.05) is 6.61 Å². The maximum absolute atomic E-state index is 11.2. The van der Waals surface area contributed by atoms with E-state index in [0.29, 0.717) is 12.4 Å². The van der Waals surface area contributed by atoms with E-state index in [4.69, 9.17) is 19.3 Å². The lowest BCUT2D eigenvalue weighted by atomic mass is 10.2. The maximum Gasteiger partial charge on any atom is 0.339 e. The SMILES string of the molecule is CCCCOCC(O)COc1ccc(OC)cc1C(=O)O. The van der Waals surface area contributed by atoms with Crippen LogP contribution in [0.4, 0.5) is 0 Å². The molecule has 0 spiro atoms. The number of carbonyl (C=O) groups is 1. The summed E-state index contributed by atoms with van der Waals surface area (Å²) in [6.07, 6.45) is 1.17. The second-order valence-corrected chi connectivity index (χ2v) is 4.56. The molecule has 0 bridgehead atoms. The average molecular weight is 298 g/mol. The van der Waals surface area contributed by atoms with Gasteiger partial charge in [0.2, 0.25) is 0 Å². The van der Waals surface area contributed by atoms with E-state index in [0.717, 1.165) is 12.8 Å². The molecule has 0 saturated carbocycles. The highest BCUT2D eigenvalue weighted by Crippen LogP contribution is 2.24. The second-order valence-electron chi connectivity index (χ2n) is 4.56. The molecule has 0 aliphatic rings. The van der Waals surface area contributed by atoms with Crippen molar-refractivity contribution < 1.29 is 29.2 Å². The molecule has 0 amide bonds. The summed E-state index contributed by atoms with van der Waals surface area (Å²) < 4.78 is 15.6. The van der Waals surface area contributed by atoms with Crippen molar-refractivity contribution in [1.82, 2.24) is 0 Å². The Labute approximate surface area is 124 Å². The monoisotopic (exact) mass is 298 g/mol. The Hall–Kier alpha value is -1.79. The fourth-order valence-corrected chi connectivity index (χ4v) is 1.63. The number of carboxylic acid groups (broad SMARTS) is 1. The molecule has 0 fully saturated rings. The molecule has 118 valence electrons. The Balaban J connectivity index is 2.52. The Morgan fingerprint density at radius 3 is 2.71 bits per heavy atom. The van der Waals surface area contributed by atoms with Crippen molar-refractivity contribution in [3.63, 3.8) is 0 Å². The summed E-state index contributed by atoms with van der Waals surface area (Å²) in [5, 5.41) is 18.8. The number of carboxylic acids is 1. The van der Waals surface area contributed by atoms with Gasteiger partial charge in [-0.2, -0.15) is 0 Å². The Morgan fingerprint density at radius 1 is 1.33 bits per heavy atom. The highest BCUT2D eigenvalue weighted by molar-refractivity contribution is 5.91. The van der Waals surface area contributed by atoms with Gasteiger partial charge in [0.15, 0.2) is 0 Å². The Kier molecular flexibility index (Phi) is 7.56. The number of benzene rings is 1. The van der Waals surface area contributed by atoms with Crippen LogP contribution in [-0.4, -0.2) is 49.2 Å². The van der Waals surface area contributed by atoms with E-state index in [1.54, 1.807) is 6.07 Å². The minimum absolute atomic E-state index is 0.00606. The summed E-state index contributed by atoms with van der Waals surface area (Å²) >= 11 is 0. The van der Waals surface area contributed by atoms with Crippen molar-refractivity contribution in [3.8, 4) is 11.5 Å². The van der Waals surface area contributed by atoms with Crippen LogP contribution in [0.1, 0.15) is 30.1 Å². The lowest BCUT2D eigenvalue weighted by molar-refractivity contribution is 0.0110. The van der Waals surface area contributed by atoms with Gasteiger partial charge in [-0.1, -0.05) is 13.3 Å². The van der Waals surface area contributed by atoms with Crippen molar-refractivity contribution in [2.45, 2.75) is 25.9 Å². The van der Waals surface area contributed by atoms with E-state index >= 15 is 0 Å². The highest BCUT2D eigenvalue weighted by atomic mass is 16.5. The highest BCUT2D eigenvalue weighted by Gasteiger charge is 2.14.